The summed E-state index contributed by atoms with van der Waals surface area (Å²) in [7, 11) is 0. The first kappa shape index (κ1) is 31.3. The van der Waals surface area contributed by atoms with Crippen molar-refractivity contribution in [3.05, 3.63) is 36.0 Å². The van der Waals surface area contributed by atoms with Gasteiger partial charge in [0, 0.05) is 29.9 Å². The largest absolute Gasteiger partial charge is 0.480 e. The van der Waals surface area contributed by atoms with Gasteiger partial charge in [0.15, 0.2) is 0 Å². The molecule has 0 bridgehead atoms. The van der Waals surface area contributed by atoms with Crippen LogP contribution in [-0.4, -0.2) is 63.9 Å². The third-order valence-corrected chi connectivity index (χ3v) is 6.83. The van der Waals surface area contributed by atoms with Crippen LogP contribution in [0.2, 0.25) is 0 Å². The Morgan fingerprint density at radius 1 is 0.949 bits per heavy atom. The number of carbonyl (C=O) groups is 5. The zero-order valence-corrected chi connectivity index (χ0v) is 22.8. The number of carbonyl (C=O) groups excluding carboxylic acids is 4. The minimum Gasteiger partial charge on any atom is -0.480 e. The number of para-hydroxylation sites is 1. The lowest BCUT2D eigenvalue weighted by atomic mass is 9.98. The predicted octanol–water partition coefficient (Wildman–Crippen LogP) is 0.544. The molecule has 9 N–H and O–H groups in total. The van der Waals surface area contributed by atoms with Gasteiger partial charge in [-0.15, -0.1) is 0 Å². The molecule has 0 aliphatic carbocycles. The van der Waals surface area contributed by atoms with E-state index < -0.39 is 59.7 Å². The third kappa shape index (κ3) is 8.81. The van der Waals surface area contributed by atoms with Crippen molar-refractivity contribution in [3.8, 4) is 0 Å². The highest BCUT2D eigenvalue weighted by molar-refractivity contribution is 5.95. The van der Waals surface area contributed by atoms with Crippen molar-refractivity contribution in [2.24, 2.45) is 23.3 Å². The van der Waals surface area contributed by atoms with E-state index in [1.165, 1.54) is 0 Å². The standard InChI is InChI=1S/C27H40N6O6/c1-5-15(4)22(29)26(37)32-20(12-16-13-30-18-9-7-6-8-17(16)18)25(36)31-19(10-11-21(28)34)24(35)33-23(14(2)3)27(38)39/h6-9,13-15,19-20,22-23,30H,5,10-12,29H2,1-4H3,(H2,28,34)(H,31,36)(H,32,37)(H,33,35)(H,38,39). The minimum absolute atomic E-state index is 0.0860. The molecule has 39 heavy (non-hydrogen) atoms. The summed E-state index contributed by atoms with van der Waals surface area (Å²) in [6, 6.07) is 3.03. The van der Waals surface area contributed by atoms with E-state index in [2.05, 4.69) is 20.9 Å². The molecule has 1 heterocycles. The first-order chi connectivity index (χ1) is 18.3. The number of nitrogens with two attached hydrogens (primary N) is 2. The average Bonchev–Trinajstić information content (AvgIpc) is 3.30. The molecular weight excluding hydrogens is 504 g/mol. The minimum atomic E-state index is -1.27. The van der Waals surface area contributed by atoms with Crippen LogP contribution in [0.3, 0.4) is 0 Å². The number of fused-ring (bicyclic) bond motifs is 1. The molecule has 12 heteroatoms. The number of aliphatic carboxylic acids is 1. The lowest BCUT2D eigenvalue weighted by Crippen LogP contribution is -2.58. The van der Waals surface area contributed by atoms with E-state index >= 15 is 0 Å². The Morgan fingerprint density at radius 2 is 1.56 bits per heavy atom. The highest BCUT2D eigenvalue weighted by Gasteiger charge is 2.32. The van der Waals surface area contributed by atoms with Gasteiger partial charge >= 0.3 is 5.97 Å². The van der Waals surface area contributed by atoms with Gasteiger partial charge in [0.1, 0.15) is 18.1 Å². The molecule has 0 aliphatic heterocycles. The number of aromatic amines is 1. The number of carboxylic acids is 1. The molecule has 4 amide bonds. The number of rotatable bonds is 15. The van der Waals surface area contributed by atoms with Crippen molar-refractivity contribution in [2.75, 3.05) is 0 Å². The quantitative estimate of drug-likeness (QED) is 0.169. The van der Waals surface area contributed by atoms with Gasteiger partial charge in [0.05, 0.1) is 6.04 Å². The zero-order valence-electron chi connectivity index (χ0n) is 22.8. The van der Waals surface area contributed by atoms with E-state index in [9.17, 15) is 29.1 Å². The molecule has 0 saturated heterocycles. The number of H-pyrrole nitrogens is 1. The highest BCUT2D eigenvalue weighted by Crippen LogP contribution is 2.19. The summed E-state index contributed by atoms with van der Waals surface area (Å²) >= 11 is 0. The Morgan fingerprint density at radius 3 is 2.15 bits per heavy atom. The van der Waals surface area contributed by atoms with Crippen molar-refractivity contribution < 1.29 is 29.1 Å². The zero-order chi connectivity index (χ0) is 29.3. The summed E-state index contributed by atoms with van der Waals surface area (Å²) in [5, 5.41) is 18.0. The Hall–Kier alpha value is -3.93. The molecule has 0 aliphatic rings. The van der Waals surface area contributed by atoms with Crippen LogP contribution in [0.5, 0.6) is 0 Å². The van der Waals surface area contributed by atoms with Gasteiger partial charge in [0.25, 0.3) is 0 Å². The Bertz CT molecular complexity index is 1180. The smallest absolute Gasteiger partial charge is 0.326 e. The van der Waals surface area contributed by atoms with Gasteiger partial charge in [-0.1, -0.05) is 52.3 Å². The fraction of sp³-hybridized carbons (Fsp3) is 0.519. The highest BCUT2D eigenvalue weighted by atomic mass is 16.4. The molecule has 1 aromatic carbocycles. The second-order valence-corrected chi connectivity index (χ2v) is 10.2. The first-order valence-electron chi connectivity index (χ1n) is 13.1. The summed E-state index contributed by atoms with van der Waals surface area (Å²) in [6.45, 7) is 6.99. The predicted molar refractivity (Wildman–Crippen MR) is 146 cm³/mol. The molecule has 5 unspecified atom stereocenters. The lowest BCUT2D eigenvalue weighted by molar-refractivity contribution is -0.143. The Labute approximate surface area is 227 Å². The van der Waals surface area contributed by atoms with Gasteiger partial charge in [-0.25, -0.2) is 4.79 Å². The average molecular weight is 545 g/mol. The Kier molecular flexibility index (Phi) is 11.5. The molecule has 214 valence electrons. The number of benzene rings is 1. The Balaban J connectivity index is 2.34. The third-order valence-electron chi connectivity index (χ3n) is 6.83. The number of hydrogen-bond donors (Lipinski definition) is 7. The monoisotopic (exact) mass is 544 g/mol. The SMILES string of the molecule is CCC(C)C(N)C(=O)NC(Cc1c[nH]c2ccccc12)C(=O)NC(CCC(N)=O)C(=O)NC(C(=O)O)C(C)C. The van der Waals surface area contributed by atoms with E-state index in [0.717, 1.165) is 16.5 Å². The van der Waals surface area contributed by atoms with Crippen LogP contribution in [0.4, 0.5) is 0 Å². The van der Waals surface area contributed by atoms with Crippen molar-refractivity contribution >= 4 is 40.5 Å². The van der Waals surface area contributed by atoms with Crippen molar-refractivity contribution in [2.45, 2.75) is 77.5 Å². The molecule has 0 spiro atoms. The molecule has 1 aromatic heterocycles. The number of primary amides is 1. The van der Waals surface area contributed by atoms with Crippen LogP contribution in [0, 0.1) is 11.8 Å². The second-order valence-electron chi connectivity index (χ2n) is 10.2. The van der Waals surface area contributed by atoms with E-state index in [0.29, 0.717) is 6.42 Å². The van der Waals surface area contributed by atoms with Crippen LogP contribution >= 0.6 is 0 Å². The van der Waals surface area contributed by atoms with E-state index in [1.807, 2.05) is 38.1 Å². The summed E-state index contributed by atoms with van der Waals surface area (Å²) < 4.78 is 0. The first-order valence-corrected chi connectivity index (χ1v) is 13.1. The van der Waals surface area contributed by atoms with Crippen LogP contribution in [-0.2, 0) is 30.4 Å². The van der Waals surface area contributed by atoms with Crippen molar-refractivity contribution in [3.63, 3.8) is 0 Å². The van der Waals surface area contributed by atoms with Crippen molar-refractivity contribution in [1.82, 2.24) is 20.9 Å². The number of nitrogens with one attached hydrogen (secondary N) is 4. The fourth-order valence-corrected chi connectivity index (χ4v) is 4.11. The van der Waals surface area contributed by atoms with Crippen LogP contribution in [0.15, 0.2) is 30.5 Å². The maximum Gasteiger partial charge on any atom is 0.326 e. The molecule has 0 saturated carbocycles. The van der Waals surface area contributed by atoms with Gasteiger partial charge in [-0.05, 0) is 29.9 Å². The molecule has 2 rings (SSSR count). The second kappa shape index (κ2) is 14.3. The van der Waals surface area contributed by atoms with Gasteiger partial charge in [0.2, 0.25) is 23.6 Å². The van der Waals surface area contributed by atoms with Crippen LogP contribution in [0.1, 0.15) is 52.5 Å². The van der Waals surface area contributed by atoms with Crippen LogP contribution in [0.25, 0.3) is 10.9 Å². The lowest BCUT2D eigenvalue weighted by Gasteiger charge is -2.26. The maximum atomic E-state index is 13.5. The number of hydrogen-bond acceptors (Lipinski definition) is 6. The van der Waals surface area contributed by atoms with Gasteiger partial charge in [-0.2, -0.15) is 0 Å². The molecule has 2 aromatic rings. The topological polar surface area (TPSA) is 209 Å². The molecule has 5 atom stereocenters. The number of amides is 4. The molecule has 0 radical (unpaired) electrons. The summed E-state index contributed by atoms with van der Waals surface area (Å²) in [5.74, 6) is -4.49. The van der Waals surface area contributed by atoms with E-state index in [4.69, 9.17) is 11.5 Å². The van der Waals surface area contributed by atoms with Crippen molar-refractivity contribution in [1.29, 1.82) is 0 Å². The summed E-state index contributed by atoms with van der Waals surface area (Å²) in [6.07, 6.45) is 2.10. The fourth-order valence-electron chi connectivity index (χ4n) is 4.11. The number of aromatic nitrogens is 1. The summed E-state index contributed by atoms with van der Waals surface area (Å²) in [5.41, 5.74) is 13.0. The normalized spacial score (nSPS) is 15.1. The molecule has 12 nitrogen and oxygen atoms in total. The number of carboxylic acid groups (broad SMARTS) is 1. The van der Waals surface area contributed by atoms with Gasteiger partial charge in [-0.3, -0.25) is 19.2 Å². The van der Waals surface area contributed by atoms with E-state index in [1.54, 1.807) is 20.0 Å². The van der Waals surface area contributed by atoms with E-state index in [-0.39, 0.29) is 25.2 Å². The molecule has 0 fully saturated rings. The summed E-state index contributed by atoms with van der Waals surface area (Å²) in [4.78, 5) is 65.7. The maximum absolute atomic E-state index is 13.5. The molecular formula is C27H40N6O6. The van der Waals surface area contributed by atoms with Crippen LogP contribution < -0.4 is 27.4 Å². The van der Waals surface area contributed by atoms with Gasteiger partial charge < -0.3 is 37.5 Å².